The molecular formula is C16H28IN5S. The van der Waals surface area contributed by atoms with Crippen LogP contribution in [0.25, 0.3) is 0 Å². The fraction of sp³-hybridized carbons (Fsp3) is 0.625. The van der Waals surface area contributed by atoms with Crippen molar-refractivity contribution in [3.05, 3.63) is 23.9 Å². The van der Waals surface area contributed by atoms with Crippen LogP contribution in [0.2, 0.25) is 0 Å². The molecule has 7 heteroatoms. The Balaban J connectivity index is 0.00000264. The first-order chi connectivity index (χ1) is 10.7. The van der Waals surface area contributed by atoms with Crippen molar-refractivity contribution in [2.45, 2.75) is 31.6 Å². The highest BCUT2D eigenvalue weighted by atomic mass is 127. The molecule has 1 fully saturated rings. The number of hydrogen-bond acceptors (Lipinski definition) is 4. The van der Waals surface area contributed by atoms with Gasteiger partial charge in [0, 0.05) is 44.2 Å². The summed E-state index contributed by atoms with van der Waals surface area (Å²) in [5, 5.41) is 7.51. The van der Waals surface area contributed by atoms with Gasteiger partial charge in [-0.2, -0.15) is 11.8 Å². The summed E-state index contributed by atoms with van der Waals surface area (Å²) in [5.41, 5.74) is 1.14. The lowest BCUT2D eigenvalue weighted by molar-refractivity contribution is 0.727. The van der Waals surface area contributed by atoms with Crippen molar-refractivity contribution in [2.24, 2.45) is 4.99 Å². The van der Waals surface area contributed by atoms with Crippen LogP contribution in [0.5, 0.6) is 0 Å². The van der Waals surface area contributed by atoms with Crippen LogP contribution in [0.3, 0.4) is 0 Å². The molecule has 0 aromatic carbocycles. The summed E-state index contributed by atoms with van der Waals surface area (Å²) >= 11 is 2.06. The normalized spacial score (nSPS) is 17.5. The van der Waals surface area contributed by atoms with Crippen LogP contribution in [0.15, 0.2) is 23.3 Å². The van der Waals surface area contributed by atoms with Gasteiger partial charge in [0.15, 0.2) is 5.96 Å². The number of aliphatic imine (C=N–C) groups is 1. The Morgan fingerprint density at radius 3 is 2.91 bits per heavy atom. The third kappa shape index (κ3) is 6.74. The van der Waals surface area contributed by atoms with Crippen LogP contribution in [-0.4, -0.2) is 49.1 Å². The fourth-order valence-electron chi connectivity index (χ4n) is 2.48. The molecule has 1 unspecified atom stereocenters. The lowest BCUT2D eigenvalue weighted by Crippen LogP contribution is -2.40. The largest absolute Gasteiger partial charge is 0.362 e. The maximum atomic E-state index is 4.71. The Hall–Kier alpha value is -0.700. The fourth-order valence-corrected chi connectivity index (χ4v) is 3.68. The molecule has 0 radical (unpaired) electrons. The number of nitrogens with one attached hydrogen (secondary N) is 2. The van der Waals surface area contributed by atoms with Gasteiger partial charge in [-0.25, -0.2) is 9.98 Å². The maximum Gasteiger partial charge on any atom is 0.191 e. The third-order valence-electron chi connectivity index (χ3n) is 3.56. The lowest BCUT2D eigenvalue weighted by atomic mass is 10.2. The Kier molecular flexibility index (Phi) is 9.69. The number of rotatable bonds is 6. The molecule has 0 amide bonds. The number of halogens is 1. The number of guanidine groups is 1. The second kappa shape index (κ2) is 11.0. The summed E-state index contributed by atoms with van der Waals surface area (Å²) < 4.78 is 0. The minimum absolute atomic E-state index is 0. The summed E-state index contributed by atoms with van der Waals surface area (Å²) in [7, 11) is 4.02. The predicted octanol–water partition coefficient (Wildman–Crippen LogP) is 2.72. The van der Waals surface area contributed by atoms with Crippen molar-refractivity contribution in [1.82, 2.24) is 15.6 Å². The number of nitrogens with zero attached hydrogens (tertiary/aromatic N) is 3. The van der Waals surface area contributed by atoms with Crippen molar-refractivity contribution < 1.29 is 0 Å². The van der Waals surface area contributed by atoms with E-state index in [4.69, 9.17) is 4.99 Å². The molecule has 2 rings (SSSR count). The first-order valence-corrected chi connectivity index (χ1v) is 9.00. The molecule has 1 aliphatic heterocycles. The maximum absolute atomic E-state index is 4.71. The first kappa shape index (κ1) is 20.3. The van der Waals surface area contributed by atoms with E-state index in [1.807, 2.05) is 31.3 Å². The smallest absolute Gasteiger partial charge is 0.191 e. The van der Waals surface area contributed by atoms with Gasteiger partial charge in [-0.05, 0) is 31.6 Å². The van der Waals surface area contributed by atoms with Gasteiger partial charge in [0.25, 0.3) is 0 Å². The number of pyridine rings is 1. The molecule has 0 spiro atoms. The van der Waals surface area contributed by atoms with Gasteiger partial charge < -0.3 is 15.5 Å². The summed E-state index contributed by atoms with van der Waals surface area (Å²) in [6.45, 7) is 4.59. The summed E-state index contributed by atoms with van der Waals surface area (Å²) in [4.78, 5) is 11.2. The van der Waals surface area contributed by atoms with Crippen molar-refractivity contribution >= 4 is 47.5 Å². The van der Waals surface area contributed by atoms with E-state index in [9.17, 15) is 0 Å². The van der Waals surface area contributed by atoms with Crippen molar-refractivity contribution in [1.29, 1.82) is 0 Å². The number of anilines is 1. The molecule has 0 aliphatic carbocycles. The molecule has 0 bridgehead atoms. The van der Waals surface area contributed by atoms with E-state index in [1.165, 1.54) is 18.6 Å². The highest BCUT2D eigenvalue weighted by Gasteiger charge is 2.15. The van der Waals surface area contributed by atoms with E-state index in [1.54, 1.807) is 0 Å². The minimum Gasteiger partial charge on any atom is -0.362 e. The predicted molar refractivity (Wildman–Crippen MR) is 112 cm³/mol. The van der Waals surface area contributed by atoms with Gasteiger partial charge in [0.1, 0.15) is 5.82 Å². The molecule has 2 heterocycles. The number of hydrogen-bond donors (Lipinski definition) is 2. The SMILES string of the molecule is CCNC(=NCc1cccnc1N(C)C)NCC1CCCS1.I. The third-order valence-corrected chi connectivity index (χ3v) is 4.96. The van der Waals surface area contributed by atoms with Crippen LogP contribution in [0.4, 0.5) is 5.82 Å². The lowest BCUT2D eigenvalue weighted by Gasteiger charge is -2.16. The quantitative estimate of drug-likeness (QED) is 0.398. The Bertz CT molecular complexity index is 489. The molecule has 1 saturated heterocycles. The summed E-state index contributed by atoms with van der Waals surface area (Å²) in [6.07, 6.45) is 4.47. The van der Waals surface area contributed by atoms with E-state index < -0.39 is 0 Å². The van der Waals surface area contributed by atoms with Gasteiger partial charge in [0.05, 0.1) is 6.54 Å². The highest BCUT2D eigenvalue weighted by Crippen LogP contribution is 2.25. The van der Waals surface area contributed by atoms with Crippen molar-refractivity contribution in [3.8, 4) is 0 Å². The summed E-state index contributed by atoms with van der Waals surface area (Å²) in [5.74, 6) is 3.17. The molecule has 0 saturated carbocycles. The standard InChI is InChI=1S/C16H27N5S.HI/c1-4-17-16(20-12-14-8-6-10-22-14)19-11-13-7-5-9-18-15(13)21(2)3;/h5,7,9,14H,4,6,8,10-12H2,1-3H3,(H2,17,19,20);1H. The van der Waals surface area contributed by atoms with Gasteiger partial charge in [0.2, 0.25) is 0 Å². The minimum atomic E-state index is 0. The van der Waals surface area contributed by atoms with Crippen LogP contribution < -0.4 is 15.5 Å². The number of aromatic nitrogens is 1. The molecule has 23 heavy (non-hydrogen) atoms. The van der Waals surface area contributed by atoms with Crippen LogP contribution in [-0.2, 0) is 6.54 Å². The van der Waals surface area contributed by atoms with E-state index in [-0.39, 0.29) is 24.0 Å². The second-order valence-corrected chi connectivity index (χ2v) is 7.00. The highest BCUT2D eigenvalue weighted by molar-refractivity contribution is 14.0. The van der Waals surface area contributed by atoms with Gasteiger partial charge in [-0.3, -0.25) is 0 Å². The van der Waals surface area contributed by atoms with E-state index in [0.29, 0.717) is 6.54 Å². The van der Waals surface area contributed by atoms with Gasteiger partial charge in [-0.15, -0.1) is 24.0 Å². The van der Waals surface area contributed by atoms with E-state index in [2.05, 4.69) is 40.4 Å². The number of thioether (sulfide) groups is 1. The molecule has 130 valence electrons. The second-order valence-electron chi connectivity index (χ2n) is 5.59. The van der Waals surface area contributed by atoms with Crippen LogP contribution >= 0.6 is 35.7 Å². The molecule has 1 aromatic rings. The van der Waals surface area contributed by atoms with Crippen molar-refractivity contribution in [2.75, 3.05) is 37.8 Å². The molecule has 2 N–H and O–H groups in total. The summed E-state index contributed by atoms with van der Waals surface area (Å²) in [6, 6.07) is 4.05. The van der Waals surface area contributed by atoms with Crippen LogP contribution in [0.1, 0.15) is 25.3 Å². The van der Waals surface area contributed by atoms with Crippen molar-refractivity contribution in [3.63, 3.8) is 0 Å². The van der Waals surface area contributed by atoms with E-state index >= 15 is 0 Å². The first-order valence-electron chi connectivity index (χ1n) is 7.95. The van der Waals surface area contributed by atoms with Gasteiger partial charge in [-0.1, -0.05) is 6.07 Å². The Morgan fingerprint density at radius 2 is 2.26 bits per heavy atom. The molecule has 1 aromatic heterocycles. The Morgan fingerprint density at radius 1 is 1.43 bits per heavy atom. The zero-order chi connectivity index (χ0) is 15.8. The zero-order valence-electron chi connectivity index (χ0n) is 14.2. The monoisotopic (exact) mass is 449 g/mol. The van der Waals surface area contributed by atoms with Crippen LogP contribution in [0, 0.1) is 0 Å². The average molecular weight is 449 g/mol. The molecular weight excluding hydrogens is 421 g/mol. The van der Waals surface area contributed by atoms with E-state index in [0.717, 1.165) is 35.7 Å². The molecule has 1 aliphatic rings. The average Bonchev–Trinajstić information content (AvgIpc) is 3.03. The molecule has 5 nitrogen and oxygen atoms in total. The zero-order valence-corrected chi connectivity index (χ0v) is 17.4. The van der Waals surface area contributed by atoms with Gasteiger partial charge >= 0.3 is 0 Å². The molecule has 1 atom stereocenters. The topological polar surface area (TPSA) is 52.6 Å². The Labute approximate surface area is 161 Å².